The van der Waals surface area contributed by atoms with Crippen LogP contribution >= 0.6 is 0 Å². The quantitative estimate of drug-likeness (QED) is 0.338. The number of alkyl carbamates (subject to hydrolysis) is 1. The summed E-state index contributed by atoms with van der Waals surface area (Å²) in [7, 11) is 0. The highest BCUT2D eigenvalue weighted by Crippen LogP contribution is 2.20. The highest BCUT2D eigenvalue weighted by Gasteiger charge is 2.32. The molecule has 0 aromatic carbocycles. The molecule has 0 bridgehead atoms. The van der Waals surface area contributed by atoms with Crippen molar-refractivity contribution in [1.82, 2.24) is 5.32 Å². The number of ether oxygens (including phenoxy) is 3. The third-order valence-corrected chi connectivity index (χ3v) is 2.77. The van der Waals surface area contributed by atoms with Gasteiger partial charge in [-0.15, -0.1) is 0 Å². The minimum atomic E-state index is -0.624. The molecule has 7 heteroatoms. The molecule has 1 fully saturated rings. The van der Waals surface area contributed by atoms with Crippen LogP contribution in [-0.4, -0.2) is 43.4 Å². The number of hydrogen-bond donors (Lipinski definition) is 1. The summed E-state index contributed by atoms with van der Waals surface area (Å²) >= 11 is 0. The van der Waals surface area contributed by atoms with Crippen molar-refractivity contribution in [3.8, 4) is 0 Å². The average molecular weight is 285 g/mol. The van der Waals surface area contributed by atoms with Crippen LogP contribution in [0.2, 0.25) is 0 Å². The van der Waals surface area contributed by atoms with E-state index < -0.39 is 24.3 Å². The largest absolute Gasteiger partial charge is 0.461 e. The van der Waals surface area contributed by atoms with Gasteiger partial charge in [0, 0.05) is 12.5 Å². The van der Waals surface area contributed by atoms with E-state index >= 15 is 0 Å². The molecule has 1 aliphatic heterocycles. The lowest BCUT2D eigenvalue weighted by Crippen LogP contribution is -2.42. The van der Waals surface area contributed by atoms with E-state index in [-0.39, 0.29) is 25.5 Å². The Morgan fingerprint density at radius 1 is 1.55 bits per heavy atom. The Kier molecular flexibility index (Phi) is 6.55. The van der Waals surface area contributed by atoms with Crippen LogP contribution < -0.4 is 5.32 Å². The fraction of sp³-hybridized carbons (Fsp3) is 0.615. The summed E-state index contributed by atoms with van der Waals surface area (Å²) in [5.41, 5.74) is 0. The van der Waals surface area contributed by atoms with Crippen LogP contribution in [0.4, 0.5) is 4.79 Å². The molecule has 0 saturated carbocycles. The first-order valence-corrected chi connectivity index (χ1v) is 6.50. The summed E-state index contributed by atoms with van der Waals surface area (Å²) in [5, 5.41) is 2.45. The molecule has 0 aliphatic carbocycles. The maximum absolute atomic E-state index is 11.5. The molecule has 0 aromatic heterocycles. The molecule has 0 aromatic rings. The lowest BCUT2D eigenvalue weighted by molar-refractivity contribution is -0.164. The highest BCUT2D eigenvalue weighted by atomic mass is 16.6. The van der Waals surface area contributed by atoms with Crippen molar-refractivity contribution >= 4 is 18.0 Å². The molecule has 1 rings (SSSR count). The van der Waals surface area contributed by atoms with Crippen molar-refractivity contribution in [1.29, 1.82) is 0 Å². The van der Waals surface area contributed by atoms with Crippen LogP contribution in [0.3, 0.4) is 0 Å². The summed E-state index contributed by atoms with van der Waals surface area (Å²) in [6.45, 7) is 5.28. The number of rotatable bonds is 6. The molecule has 2 atom stereocenters. The molecule has 1 amide bonds. The SMILES string of the molecule is C=CC(=O)OCCNC(=O)OC1CCC(=O)OC1CC. The topological polar surface area (TPSA) is 90.9 Å². The van der Waals surface area contributed by atoms with Crippen LogP contribution in [-0.2, 0) is 23.8 Å². The second-order valence-electron chi connectivity index (χ2n) is 4.22. The molecule has 20 heavy (non-hydrogen) atoms. The highest BCUT2D eigenvalue weighted by molar-refractivity contribution is 5.81. The van der Waals surface area contributed by atoms with Gasteiger partial charge in [-0.25, -0.2) is 9.59 Å². The zero-order valence-electron chi connectivity index (χ0n) is 11.4. The molecular formula is C13H19NO6. The fourth-order valence-electron chi connectivity index (χ4n) is 1.77. The molecule has 0 radical (unpaired) electrons. The predicted octanol–water partition coefficient (Wildman–Crippen LogP) is 0.926. The van der Waals surface area contributed by atoms with Gasteiger partial charge in [-0.05, 0) is 12.8 Å². The van der Waals surface area contributed by atoms with E-state index in [1.807, 2.05) is 6.92 Å². The predicted molar refractivity (Wildman–Crippen MR) is 68.8 cm³/mol. The number of amides is 1. The van der Waals surface area contributed by atoms with Crippen molar-refractivity contribution in [2.75, 3.05) is 13.2 Å². The van der Waals surface area contributed by atoms with Crippen LogP contribution in [0, 0.1) is 0 Å². The van der Waals surface area contributed by atoms with E-state index in [4.69, 9.17) is 14.2 Å². The summed E-state index contributed by atoms with van der Waals surface area (Å²) in [5.74, 6) is -0.821. The van der Waals surface area contributed by atoms with Crippen molar-refractivity contribution < 1.29 is 28.6 Å². The Morgan fingerprint density at radius 2 is 2.30 bits per heavy atom. The van der Waals surface area contributed by atoms with Crippen molar-refractivity contribution in [3.63, 3.8) is 0 Å². The van der Waals surface area contributed by atoms with Gasteiger partial charge in [0.25, 0.3) is 0 Å². The van der Waals surface area contributed by atoms with Crippen molar-refractivity contribution in [2.45, 2.75) is 38.4 Å². The Bertz CT molecular complexity index is 381. The fourth-order valence-corrected chi connectivity index (χ4v) is 1.77. The second kappa shape index (κ2) is 8.19. The van der Waals surface area contributed by atoms with E-state index in [1.54, 1.807) is 0 Å². The van der Waals surface area contributed by atoms with E-state index in [2.05, 4.69) is 11.9 Å². The van der Waals surface area contributed by atoms with Crippen molar-refractivity contribution in [3.05, 3.63) is 12.7 Å². The Balaban J connectivity index is 2.25. The monoisotopic (exact) mass is 285 g/mol. The zero-order valence-corrected chi connectivity index (χ0v) is 11.4. The molecule has 112 valence electrons. The number of nitrogens with one attached hydrogen (secondary N) is 1. The van der Waals surface area contributed by atoms with Gasteiger partial charge in [-0.3, -0.25) is 4.79 Å². The molecule has 0 spiro atoms. The Labute approximate surface area is 117 Å². The number of cyclic esters (lactones) is 1. The van der Waals surface area contributed by atoms with E-state index in [9.17, 15) is 14.4 Å². The zero-order chi connectivity index (χ0) is 15.0. The average Bonchev–Trinajstić information content (AvgIpc) is 2.45. The molecular weight excluding hydrogens is 266 g/mol. The third kappa shape index (κ3) is 5.29. The molecule has 1 saturated heterocycles. The van der Waals surface area contributed by atoms with E-state index in [0.29, 0.717) is 12.8 Å². The third-order valence-electron chi connectivity index (χ3n) is 2.77. The van der Waals surface area contributed by atoms with E-state index in [1.165, 1.54) is 0 Å². The number of carbonyl (C=O) groups excluding carboxylic acids is 3. The second-order valence-corrected chi connectivity index (χ2v) is 4.22. The Hall–Kier alpha value is -2.05. The number of carbonyl (C=O) groups is 3. The maximum atomic E-state index is 11.5. The molecule has 1 aliphatic rings. The summed E-state index contributed by atoms with van der Waals surface area (Å²) in [6.07, 6.45) is 0.859. The van der Waals surface area contributed by atoms with Crippen LogP contribution in [0.15, 0.2) is 12.7 Å². The first-order valence-electron chi connectivity index (χ1n) is 6.50. The Morgan fingerprint density at radius 3 is 2.95 bits per heavy atom. The van der Waals surface area contributed by atoms with Gasteiger partial charge in [-0.1, -0.05) is 13.5 Å². The van der Waals surface area contributed by atoms with Crippen LogP contribution in [0.5, 0.6) is 0 Å². The van der Waals surface area contributed by atoms with Gasteiger partial charge >= 0.3 is 18.0 Å². The lowest BCUT2D eigenvalue weighted by Gasteiger charge is -2.29. The van der Waals surface area contributed by atoms with Gasteiger partial charge in [0.05, 0.1) is 6.54 Å². The maximum Gasteiger partial charge on any atom is 0.407 e. The van der Waals surface area contributed by atoms with Gasteiger partial charge in [0.1, 0.15) is 18.8 Å². The normalized spacial score (nSPS) is 21.6. The minimum absolute atomic E-state index is 0.0385. The number of hydrogen-bond acceptors (Lipinski definition) is 6. The standard InChI is InChI=1S/C13H19NO6/c1-3-9-10(5-6-12(16)19-9)20-13(17)14-7-8-18-11(15)4-2/h4,9-10H,2-3,5-8H2,1H3,(H,14,17). The smallest absolute Gasteiger partial charge is 0.407 e. The van der Waals surface area contributed by atoms with Crippen LogP contribution in [0.25, 0.3) is 0 Å². The van der Waals surface area contributed by atoms with Crippen molar-refractivity contribution in [2.24, 2.45) is 0 Å². The molecule has 2 unspecified atom stereocenters. The lowest BCUT2D eigenvalue weighted by atomic mass is 10.0. The van der Waals surface area contributed by atoms with Gasteiger partial charge < -0.3 is 19.5 Å². The number of esters is 2. The van der Waals surface area contributed by atoms with Crippen LogP contribution in [0.1, 0.15) is 26.2 Å². The summed E-state index contributed by atoms with van der Waals surface area (Å²) in [6, 6.07) is 0. The van der Waals surface area contributed by atoms with E-state index in [0.717, 1.165) is 6.08 Å². The first kappa shape index (κ1) is 16.0. The summed E-state index contributed by atoms with van der Waals surface area (Å²) < 4.78 is 15.0. The molecule has 7 nitrogen and oxygen atoms in total. The van der Waals surface area contributed by atoms with Gasteiger partial charge in [-0.2, -0.15) is 0 Å². The first-order chi connectivity index (χ1) is 9.56. The van der Waals surface area contributed by atoms with Gasteiger partial charge in [0.2, 0.25) is 0 Å². The molecule has 1 N–H and O–H groups in total. The summed E-state index contributed by atoms with van der Waals surface area (Å²) in [4.78, 5) is 33.4. The van der Waals surface area contributed by atoms with Gasteiger partial charge in [0.15, 0.2) is 0 Å². The minimum Gasteiger partial charge on any atom is -0.461 e. The molecule has 1 heterocycles.